The van der Waals surface area contributed by atoms with E-state index >= 15 is 0 Å². The van der Waals surface area contributed by atoms with Crippen molar-refractivity contribution < 1.29 is 23.1 Å². The van der Waals surface area contributed by atoms with Crippen molar-refractivity contribution >= 4 is 23.3 Å². The van der Waals surface area contributed by atoms with Gasteiger partial charge in [-0.25, -0.2) is 4.79 Å². The molecular weight excluding hydrogens is 281 g/mol. The quantitative estimate of drug-likeness (QED) is 0.534. The molecule has 4 N–H and O–H groups in total. The fraction of sp³-hybridized carbons (Fsp3) is 0.182. The Morgan fingerprint density at radius 1 is 1.47 bits per heavy atom. The van der Waals surface area contributed by atoms with Crippen molar-refractivity contribution in [1.82, 2.24) is 5.32 Å². The first kappa shape index (κ1) is 15.0. The van der Waals surface area contributed by atoms with Gasteiger partial charge in [0.25, 0.3) is 0 Å². The smallest absolute Gasteiger partial charge is 0.416 e. The second-order valence-electron chi connectivity index (χ2n) is 3.63. The topological polar surface area (TPSA) is 75.3 Å². The van der Waals surface area contributed by atoms with Crippen LogP contribution in [-0.2, 0) is 4.79 Å². The van der Waals surface area contributed by atoms with Crippen LogP contribution in [0.3, 0.4) is 0 Å². The number of rotatable bonds is 2. The minimum absolute atomic E-state index is 0.0959. The Balaban J connectivity index is 3.43. The van der Waals surface area contributed by atoms with Crippen molar-refractivity contribution in [2.75, 3.05) is 0 Å². The van der Waals surface area contributed by atoms with E-state index in [-0.39, 0.29) is 16.4 Å². The number of carboxylic acid groups (broad SMARTS) is 1. The Labute approximate surface area is 111 Å². The molecule has 0 atom stereocenters. The summed E-state index contributed by atoms with van der Waals surface area (Å²) in [6.07, 6.45) is -3.37. The third-order valence-electron chi connectivity index (χ3n) is 2.07. The summed E-state index contributed by atoms with van der Waals surface area (Å²) in [7, 11) is 0. The van der Waals surface area contributed by atoms with Crippen LogP contribution < -0.4 is 11.1 Å². The Morgan fingerprint density at radius 2 is 2.05 bits per heavy atom. The molecule has 8 heteroatoms. The van der Waals surface area contributed by atoms with Crippen molar-refractivity contribution in [3.05, 3.63) is 40.3 Å². The first-order valence-electron chi connectivity index (χ1n) is 4.89. The van der Waals surface area contributed by atoms with E-state index in [2.05, 4.69) is 23.3 Å². The number of carbonyl (C=O) groups is 1. The minimum Gasteiger partial charge on any atom is -0.478 e. The number of halogens is 3. The molecule has 1 rings (SSSR count). The zero-order valence-electron chi connectivity index (χ0n) is 9.63. The Bertz CT molecular complexity index is 567. The minimum atomic E-state index is -4.66. The number of hydrogen-bond acceptors (Lipinski definition) is 2. The number of aliphatic carboxylic acids is 1. The van der Waals surface area contributed by atoms with Gasteiger partial charge in [0.2, 0.25) is 0 Å². The molecule has 0 saturated heterocycles. The molecular formula is C11H9F3N2O2S. The van der Waals surface area contributed by atoms with Crippen molar-refractivity contribution in [3.8, 4) is 0 Å². The third-order valence-corrected chi connectivity index (χ3v) is 2.17. The van der Waals surface area contributed by atoms with Gasteiger partial charge in [-0.05, 0) is 36.9 Å². The van der Waals surface area contributed by atoms with Gasteiger partial charge < -0.3 is 16.2 Å². The average molecular weight is 290 g/mol. The summed E-state index contributed by atoms with van der Waals surface area (Å²) >= 11 is 4.54. The first-order chi connectivity index (χ1) is 8.61. The van der Waals surface area contributed by atoms with Crippen LogP contribution in [0.5, 0.6) is 0 Å². The maximum Gasteiger partial charge on any atom is 0.416 e. The summed E-state index contributed by atoms with van der Waals surface area (Å²) in [5.74, 6) is -1.55. The van der Waals surface area contributed by atoms with Gasteiger partial charge in [0, 0.05) is 0 Å². The van der Waals surface area contributed by atoms with E-state index in [0.29, 0.717) is 6.08 Å². The maximum atomic E-state index is 12.7. The summed E-state index contributed by atoms with van der Waals surface area (Å²) in [5, 5.41) is 11.0. The predicted molar refractivity (Wildman–Crippen MR) is 66.0 cm³/mol. The molecule has 19 heavy (non-hydrogen) atoms. The highest BCUT2D eigenvalue weighted by molar-refractivity contribution is 7.80. The monoisotopic (exact) mass is 290 g/mol. The zero-order valence-corrected chi connectivity index (χ0v) is 10.4. The summed E-state index contributed by atoms with van der Waals surface area (Å²) in [4.78, 5) is 11.0. The van der Waals surface area contributed by atoms with Crippen LogP contribution in [0.1, 0.15) is 6.92 Å². The zero-order chi connectivity index (χ0) is 14.8. The molecule has 0 saturated carbocycles. The van der Waals surface area contributed by atoms with Crippen LogP contribution in [0.4, 0.5) is 13.2 Å². The van der Waals surface area contributed by atoms with Gasteiger partial charge in [0.05, 0.1) is 16.8 Å². The van der Waals surface area contributed by atoms with Crippen molar-refractivity contribution in [3.63, 3.8) is 0 Å². The average Bonchev–Trinajstić information content (AvgIpc) is 2.35. The molecule has 0 fully saturated rings. The van der Waals surface area contributed by atoms with Crippen LogP contribution in [0.2, 0.25) is 0 Å². The lowest BCUT2D eigenvalue weighted by atomic mass is 10.1. The second kappa shape index (κ2) is 5.29. The molecule has 0 bridgehead atoms. The largest absolute Gasteiger partial charge is 0.478 e. The molecule has 0 radical (unpaired) electrons. The van der Waals surface area contributed by atoms with Gasteiger partial charge in [0.15, 0.2) is 5.11 Å². The van der Waals surface area contributed by atoms with Crippen molar-refractivity contribution in [2.45, 2.75) is 13.1 Å². The maximum absolute atomic E-state index is 12.7. The van der Waals surface area contributed by atoms with E-state index in [1.807, 2.05) is 0 Å². The molecule has 4 nitrogen and oxygen atoms in total. The molecule has 0 aromatic carbocycles. The number of nitrogens with two attached hydrogens (primary N) is 1. The lowest BCUT2D eigenvalue weighted by molar-refractivity contribution is -0.132. The van der Waals surface area contributed by atoms with Gasteiger partial charge in [0.1, 0.15) is 0 Å². The first-order valence-corrected chi connectivity index (χ1v) is 5.30. The Kier molecular flexibility index (Phi) is 4.18. The number of allylic oxidation sites excluding steroid dienone is 3. The van der Waals surface area contributed by atoms with Gasteiger partial charge in [-0.1, -0.05) is 5.73 Å². The Hall–Kier alpha value is -2.05. The fourth-order valence-corrected chi connectivity index (χ4v) is 1.46. The van der Waals surface area contributed by atoms with E-state index in [1.165, 1.54) is 6.92 Å². The summed E-state index contributed by atoms with van der Waals surface area (Å²) < 4.78 is 38.1. The van der Waals surface area contributed by atoms with Gasteiger partial charge in [-0.15, -0.1) is 0 Å². The van der Waals surface area contributed by atoms with Gasteiger partial charge >= 0.3 is 12.1 Å². The summed E-state index contributed by atoms with van der Waals surface area (Å²) in [6, 6.07) is 0. The van der Waals surface area contributed by atoms with Crippen LogP contribution in [0.25, 0.3) is 0 Å². The summed E-state index contributed by atoms with van der Waals surface area (Å²) in [5.41, 5.74) is 5.84. The SMILES string of the molecule is CC1=C=C(NC(N)=S)C(C(=O)O)=CC(C(F)(F)F)=C1. The van der Waals surface area contributed by atoms with Crippen molar-refractivity contribution in [1.29, 1.82) is 0 Å². The lowest BCUT2D eigenvalue weighted by Crippen LogP contribution is -2.30. The third kappa shape index (κ3) is 3.97. The molecule has 0 amide bonds. The molecule has 102 valence electrons. The standard InChI is InChI=1S/C11H9F3N2O2S/c1-5-2-6(11(12,13)14)4-7(9(17)18)8(3-5)16-10(15)19/h2,4H,1H3,(H,17,18)(H3,15,16,19). The van der Waals surface area contributed by atoms with E-state index in [9.17, 15) is 18.0 Å². The van der Waals surface area contributed by atoms with Crippen LogP contribution in [0, 0.1) is 0 Å². The molecule has 0 unspecified atom stereocenters. The molecule has 1 aliphatic rings. The number of hydrogen-bond donors (Lipinski definition) is 3. The number of alkyl halides is 3. The van der Waals surface area contributed by atoms with E-state index < -0.39 is 23.3 Å². The predicted octanol–water partition coefficient (Wildman–Crippen LogP) is 1.76. The van der Waals surface area contributed by atoms with E-state index in [1.54, 1.807) is 0 Å². The van der Waals surface area contributed by atoms with Crippen LogP contribution in [0.15, 0.2) is 40.3 Å². The molecule has 0 aromatic heterocycles. The fourth-order valence-electron chi connectivity index (χ4n) is 1.36. The van der Waals surface area contributed by atoms with Gasteiger partial charge in [-0.2, -0.15) is 13.2 Å². The molecule has 1 aliphatic carbocycles. The molecule has 0 spiro atoms. The van der Waals surface area contributed by atoms with E-state index in [4.69, 9.17) is 10.8 Å². The normalized spacial score (nSPS) is 15.6. The lowest BCUT2D eigenvalue weighted by Gasteiger charge is -2.09. The molecule has 0 aliphatic heterocycles. The molecule has 0 aromatic rings. The van der Waals surface area contributed by atoms with E-state index in [0.717, 1.165) is 6.08 Å². The number of thiocarbonyl (C=S) groups is 1. The van der Waals surface area contributed by atoms with Crippen LogP contribution in [-0.4, -0.2) is 22.4 Å². The molecule has 0 heterocycles. The Morgan fingerprint density at radius 3 is 2.47 bits per heavy atom. The van der Waals surface area contributed by atoms with Gasteiger partial charge in [-0.3, -0.25) is 0 Å². The highest BCUT2D eigenvalue weighted by Crippen LogP contribution is 2.30. The number of nitrogens with one attached hydrogen (secondary N) is 1. The summed E-state index contributed by atoms with van der Waals surface area (Å²) in [6.45, 7) is 1.35. The van der Waals surface area contributed by atoms with Crippen LogP contribution >= 0.6 is 12.2 Å². The number of carboxylic acids is 1. The van der Waals surface area contributed by atoms with Crippen molar-refractivity contribution in [2.24, 2.45) is 5.73 Å². The second-order valence-corrected chi connectivity index (χ2v) is 4.07. The highest BCUT2D eigenvalue weighted by atomic mass is 32.1. The highest BCUT2D eigenvalue weighted by Gasteiger charge is 2.34.